The molecule has 0 unspecified atom stereocenters. The Bertz CT molecular complexity index is 578. The second-order valence-electron chi connectivity index (χ2n) is 4.71. The van der Waals surface area contributed by atoms with Gasteiger partial charge < -0.3 is 9.84 Å². The molecule has 0 fully saturated rings. The molecule has 1 aliphatic rings. The highest BCUT2D eigenvalue weighted by molar-refractivity contribution is 7.89. The lowest BCUT2D eigenvalue weighted by Gasteiger charge is -2.25. The van der Waals surface area contributed by atoms with Crippen molar-refractivity contribution in [1.29, 1.82) is 0 Å². The number of methoxy groups -OCH3 is 1. The van der Waals surface area contributed by atoms with E-state index in [9.17, 15) is 8.42 Å². The number of rotatable bonds is 5. The zero-order valence-corrected chi connectivity index (χ0v) is 12.3. The summed E-state index contributed by atoms with van der Waals surface area (Å²) in [6, 6.07) is 6.33. The monoisotopic (exact) mass is 297 g/mol. The average Bonchev–Trinajstić information content (AvgIpc) is 2.48. The van der Waals surface area contributed by atoms with Gasteiger partial charge in [-0.3, -0.25) is 0 Å². The van der Waals surface area contributed by atoms with Gasteiger partial charge >= 0.3 is 0 Å². The van der Waals surface area contributed by atoms with E-state index >= 15 is 0 Å². The molecule has 0 radical (unpaired) electrons. The van der Waals surface area contributed by atoms with E-state index in [0.717, 1.165) is 5.57 Å². The summed E-state index contributed by atoms with van der Waals surface area (Å²) in [5, 5.41) is 8.98. The predicted molar refractivity (Wildman–Crippen MR) is 75.7 cm³/mol. The van der Waals surface area contributed by atoms with E-state index in [2.05, 4.69) is 0 Å². The van der Waals surface area contributed by atoms with Gasteiger partial charge in [-0.25, -0.2) is 8.42 Å². The fourth-order valence-electron chi connectivity index (χ4n) is 2.14. The SMILES string of the molecule is COCC1=CCN(S(=O)(=O)c2ccc(CO)cc2)CC1. The summed E-state index contributed by atoms with van der Waals surface area (Å²) in [5.74, 6) is 0. The fraction of sp³-hybridized carbons (Fsp3) is 0.429. The summed E-state index contributed by atoms with van der Waals surface area (Å²) in [6.07, 6.45) is 2.61. The van der Waals surface area contributed by atoms with E-state index in [0.29, 0.717) is 31.7 Å². The van der Waals surface area contributed by atoms with Gasteiger partial charge in [-0.1, -0.05) is 18.2 Å². The zero-order chi connectivity index (χ0) is 14.6. The van der Waals surface area contributed by atoms with Crippen LogP contribution >= 0.6 is 0 Å². The molecule has 0 saturated heterocycles. The first-order valence-electron chi connectivity index (χ1n) is 6.44. The van der Waals surface area contributed by atoms with Gasteiger partial charge in [-0.05, 0) is 29.7 Å². The van der Waals surface area contributed by atoms with Gasteiger partial charge in [-0.15, -0.1) is 0 Å². The first-order valence-corrected chi connectivity index (χ1v) is 7.88. The molecular weight excluding hydrogens is 278 g/mol. The average molecular weight is 297 g/mol. The first kappa shape index (κ1) is 15.2. The predicted octanol–water partition coefficient (Wildman–Crippen LogP) is 1.15. The molecule has 1 aromatic carbocycles. The fourth-order valence-corrected chi connectivity index (χ4v) is 3.52. The Kier molecular flexibility index (Phi) is 4.93. The molecule has 0 atom stereocenters. The van der Waals surface area contributed by atoms with Crippen molar-refractivity contribution in [1.82, 2.24) is 4.31 Å². The maximum absolute atomic E-state index is 12.5. The van der Waals surface area contributed by atoms with E-state index in [1.165, 1.54) is 16.4 Å². The van der Waals surface area contributed by atoms with E-state index in [1.54, 1.807) is 19.2 Å². The van der Waals surface area contributed by atoms with Crippen molar-refractivity contribution in [2.45, 2.75) is 17.9 Å². The molecule has 6 heteroatoms. The van der Waals surface area contributed by atoms with Gasteiger partial charge in [0.05, 0.1) is 18.1 Å². The topological polar surface area (TPSA) is 66.8 Å². The normalized spacial score (nSPS) is 17.0. The highest BCUT2D eigenvalue weighted by Gasteiger charge is 2.25. The minimum atomic E-state index is -3.46. The van der Waals surface area contributed by atoms with Gasteiger partial charge in [0.2, 0.25) is 10.0 Å². The second kappa shape index (κ2) is 6.49. The van der Waals surface area contributed by atoms with Crippen molar-refractivity contribution in [3.05, 3.63) is 41.5 Å². The third-order valence-electron chi connectivity index (χ3n) is 3.34. The lowest BCUT2D eigenvalue weighted by atomic mass is 10.1. The van der Waals surface area contributed by atoms with Gasteiger partial charge in [0, 0.05) is 20.2 Å². The number of ether oxygens (including phenoxy) is 1. The van der Waals surface area contributed by atoms with Crippen LogP contribution in [0.15, 0.2) is 40.8 Å². The molecule has 1 heterocycles. The largest absolute Gasteiger partial charge is 0.392 e. The summed E-state index contributed by atoms with van der Waals surface area (Å²) < 4.78 is 31.4. The highest BCUT2D eigenvalue weighted by atomic mass is 32.2. The van der Waals surface area contributed by atoms with Crippen LogP contribution in [0, 0.1) is 0 Å². The minimum absolute atomic E-state index is 0.0901. The molecule has 0 aliphatic carbocycles. The molecule has 5 nitrogen and oxygen atoms in total. The van der Waals surface area contributed by atoms with Crippen LogP contribution in [0.2, 0.25) is 0 Å². The molecule has 0 aromatic heterocycles. The van der Waals surface area contributed by atoms with Crippen LogP contribution < -0.4 is 0 Å². The molecule has 110 valence electrons. The minimum Gasteiger partial charge on any atom is -0.392 e. The molecule has 1 N–H and O–H groups in total. The molecule has 0 bridgehead atoms. The van der Waals surface area contributed by atoms with Crippen LogP contribution in [0.4, 0.5) is 0 Å². The van der Waals surface area contributed by atoms with E-state index in [1.807, 2.05) is 6.08 Å². The first-order chi connectivity index (χ1) is 9.57. The number of nitrogens with zero attached hydrogens (tertiary/aromatic N) is 1. The Morgan fingerprint density at radius 2 is 2.00 bits per heavy atom. The standard InChI is InChI=1S/C14H19NO4S/c1-19-11-13-6-8-15(9-7-13)20(17,18)14-4-2-12(10-16)3-5-14/h2-6,16H,7-11H2,1H3. The Labute approximate surface area is 119 Å². The number of aliphatic hydroxyl groups excluding tert-OH is 1. The third-order valence-corrected chi connectivity index (χ3v) is 5.22. The molecule has 0 saturated carbocycles. The van der Waals surface area contributed by atoms with Gasteiger partial charge in [-0.2, -0.15) is 4.31 Å². The number of sulfonamides is 1. The number of benzene rings is 1. The van der Waals surface area contributed by atoms with Crippen LogP contribution in [0.1, 0.15) is 12.0 Å². The maximum atomic E-state index is 12.5. The molecule has 1 aromatic rings. The van der Waals surface area contributed by atoms with E-state index in [-0.39, 0.29) is 11.5 Å². The lowest BCUT2D eigenvalue weighted by Crippen LogP contribution is -2.35. The van der Waals surface area contributed by atoms with Crippen molar-refractivity contribution in [2.24, 2.45) is 0 Å². The summed E-state index contributed by atoms with van der Waals surface area (Å²) >= 11 is 0. The quantitative estimate of drug-likeness (QED) is 0.828. The molecular formula is C14H19NO4S. The molecule has 20 heavy (non-hydrogen) atoms. The zero-order valence-electron chi connectivity index (χ0n) is 11.4. The maximum Gasteiger partial charge on any atom is 0.243 e. The van der Waals surface area contributed by atoms with Crippen LogP contribution in [0.3, 0.4) is 0 Å². The summed E-state index contributed by atoms with van der Waals surface area (Å²) in [7, 11) is -1.83. The Morgan fingerprint density at radius 3 is 2.50 bits per heavy atom. The molecule has 0 spiro atoms. The van der Waals surface area contributed by atoms with Crippen molar-refractivity contribution < 1.29 is 18.3 Å². The Hall–Kier alpha value is -1.21. The molecule has 2 rings (SSSR count). The van der Waals surface area contributed by atoms with Gasteiger partial charge in [0.15, 0.2) is 0 Å². The van der Waals surface area contributed by atoms with Crippen molar-refractivity contribution in [3.63, 3.8) is 0 Å². The van der Waals surface area contributed by atoms with Crippen LogP contribution in [0.5, 0.6) is 0 Å². The number of hydrogen-bond donors (Lipinski definition) is 1. The number of aliphatic hydroxyl groups is 1. The third kappa shape index (κ3) is 3.27. The van der Waals surface area contributed by atoms with Crippen LogP contribution in [-0.2, 0) is 21.4 Å². The van der Waals surface area contributed by atoms with E-state index < -0.39 is 10.0 Å². The lowest BCUT2D eigenvalue weighted by molar-refractivity contribution is 0.219. The van der Waals surface area contributed by atoms with Crippen molar-refractivity contribution in [2.75, 3.05) is 26.8 Å². The smallest absolute Gasteiger partial charge is 0.243 e. The summed E-state index contributed by atoms with van der Waals surface area (Å²) in [5.41, 5.74) is 1.83. The Morgan fingerprint density at radius 1 is 1.30 bits per heavy atom. The van der Waals surface area contributed by atoms with Gasteiger partial charge in [0.25, 0.3) is 0 Å². The second-order valence-corrected chi connectivity index (χ2v) is 6.65. The van der Waals surface area contributed by atoms with Crippen LogP contribution in [0.25, 0.3) is 0 Å². The van der Waals surface area contributed by atoms with Crippen LogP contribution in [-0.4, -0.2) is 44.6 Å². The summed E-state index contributed by atoms with van der Waals surface area (Å²) in [4.78, 5) is 0.262. The Balaban J connectivity index is 2.15. The molecule has 1 aliphatic heterocycles. The van der Waals surface area contributed by atoms with Crippen molar-refractivity contribution >= 4 is 10.0 Å². The molecule has 0 amide bonds. The summed E-state index contributed by atoms with van der Waals surface area (Å²) in [6.45, 7) is 1.31. The number of hydrogen-bond acceptors (Lipinski definition) is 4. The highest BCUT2D eigenvalue weighted by Crippen LogP contribution is 2.21. The van der Waals surface area contributed by atoms with Crippen molar-refractivity contribution in [3.8, 4) is 0 Å². The van der Waals surface area contributed by atoms with Gasteiger partial charge in [0.1, 0.15) is 0 Å². The van der Waals surface area contributed by atoms with E-state index in [4.69, 9.17) is 9.84 Å².